The fourth-order valence-electron chi connectivity index (χ4n) is 3.33. The van der Waals surface area contributed by atoms with E-state index < -0.39 is 5.60 Å². The first kappa shape index (κ1) is 15.9. The molecule has 1 aromatic heterocycles. The van der Waals surface area contributed by atoms with E-state index in [-0.39, 0.29) is 0 Å². The summed E-state index contributed by atoms with van der Waals surface area (Å²) in [4.78, 5) is 9.44. The molecule has 0 radical (unpaired) electrons. The van der Waals surface area contributed by atoms with Crippen LogP contribution in [0.25, 0.3) is 0 Å². The third-order valence-electron chi connectivity index (χ3n) is 4.68. The predicted molar refractivity (Wildman–Crippen MR) is 89.7 cm³/mol. The zero-order valence-corrected chi connectivity index (χ0v) is 15.1. The first-order valence-corrected chi connectivity index (χ1v) is 8.98. The Kier molecular flexibility index (Phi) is 5.03. The number of aromatic nitrogens is 2. The molecule has 0 bridgehead atoms. The summed E-state index contributed by atoms with van der Waals surface area (Å²) in [6.07, 6.45) is 6.52. The van der Waals surface area contributed by atoms with Crippen LogP contribution in [0.2, 0.25) is 5.15 Å². The Morgan fingerprint density at radius 1 is 1.24 bits per heavy atom. The SMILES string of the molecule is COC1(c2nc(Cl)c(I)c(C3CCCC3)n2)CCOCC1. The molecule has 1 aliphatic carbocycles. The number of methoxy groups -OCH3 is 1. The number of ether oxygens (including phenoxy) is 2. The van der Waals surface area contributed by atoms with Crippen molar-refractivity contribution in [3.8, 4) is 0 Å². The third-order valence-corrected chi connectivity index (χ3v) is 6.33. The molecule has 116 valence electrons. The fraction of sp³-hybridized carbons (Fsp3) is 0.733. The van der Waals surface area contributed by atoms with Crippen molar-refractivity contribution in [1.82, 2.24) is 9.97 Å². The summed E-state index contributed by atoms with van der Waals surface area (Å²) in [5.74, 6) is 1.26. The van der Waals surface area contributed by atoms with Gasteiger partial charge < -0.3 is 9.47 Å². The van der Waals surface area contributed by atoms with E-state index in [9.17, 15) is 0 Å². The molecule has 6 heteroatoms. The lowest BCUT2D eigenvalue weighted by Gasteiger charge is -2.34. The minimum Gasteiger partial charge on any atom is -0.381 e. The monoisotopic (exact) mass is 422 g/mol. The molecular formula is C15H20ClIN2O2. The molecular weight excluding hydrogens is 403 g/mol. The zero-order chi connectivity index (χ0) is 14.9. The largest absolute Gasteiger partial charge is 0.381 e. The normalized spacial score (nSPS) is 22.6. The van der Waals surface area contributed by atoms with E-state index in [0.717, 1.165) is 27.9 Å². The van der Waals surface area contributed by atoms with Gasteiger partial charge in [0.05, 0.1) is 9.26 Å². The van der Waals surface area contributed by atoms with Gasteiger partial charge in [-0.25, -0.2) is 9.97 Å². The molecule has 1 aliphatic heterocycles. The molecule has 0 N–H and O–H groups in total. The summed E-state index contributed by atoms with van der Waals surface area (Å²) in [5.41, 5.74) is 0.672. The van der Waals surface area contributed by atoms with Crippen LogP contribution >= 0.6 is 34.2 Å². The molecule has 2 fully saturated rings. The lowest BCUT2D eigenvalue weighted by Crippen LogP contribution is -2.37. The van der Waals surface area contributed by atoms with E-state index in [1.807, 2.05) is 0 Å². The summed E-state index contributed by atoms with van der Waals surface area (Å²) in [6, 6.07) is 0. The van der Waals surface area contributed by atoms with Crippen LogP contribution in [0.15, 0.2) is 0 Å². The highest BCUT2D eigenvalue weighted by Gasteiger charge is 2.39. The van der Waals surface area contributed by atoms with Gasteiger partial charge in [0.1, 0.15) is 10.8 Å². The molecule has 4 nitrogen and oxygen atoms in total. The van der Waals surface area contributed by atoms with Crippen molar-refractivity contribution in [1.29, 1.82) is 0 Å². The van der Waals surface area contributed by atoms with Crippen LogP contribution in [0.3, 0.4) is 0 Å². The van der Waals surface area contributed by atoms with Crippen LogP contribution < -0.4 is 0 Å². The zero-order valence-electron chi connectivity index (χ0n) is 12.2. The molecule has 1 aromatic rings. The quantitative estimate of drug-likeness (QED) is 0.545. The maximum atomic E-state index is 6.39. The highest BCUT2D eigenvalue weighted by atomic mass is 127. The number of halogens is 2. The van der Waals surface area contributed by atoms with Crippen LogP contribution in [0.1, 0.15) is 56.0 Å². The van der Waals surface area contributed by atoms with Crippen molar-refractivity contribution < 1.29 is 9.47 Å². The van der Waals surface area contributed by atoms with Crippen molar-refractivity contribution in [2.75, 3.05) is 20.3 Å². The van der Waals surface area contributed by atoms with E-state index in [1.54, 1.807) is 7.11 Å². The molecule has 2 heterocycles. The van der Waals surface area contributed by atoms with Gasteiger partial charge >= 0.3 is 0 Å². The smallest absolute Gasteiger partial charge is 0.162 e. The number of nitrogens with zero attached hydrogens (tertiary/aromatic N) is 2. The lowest BCUT2D eigenvalue weighted by atomic mass is 9.92. The molecule has 1 saturated heterocycles. The van der Waals surface area contributed by atoms with Crippen LogP contribution in [-0.4, -0.2) is 30.3 Å². The summed E-state index contributed by atoms with van der Waals surface area (Å²) < 4.78 is 12.3. The van der Waals surface area contributed by atoms with Gasteiger partial charge in [-0.15, -0.1) is 0 Å². The molecule has 21 heavy (non-hydrogen) atoms. The van der Waals surface area contributed by atoms with Gasteiger partial charge in [0, 0.05) is 39.1 Å². The van der Waals surface area contributed by atoms with Gasteiger partial charge in [-0.05, 0) is 35.4 Å². The number of hydrogen-bond donors (Lipinski definition) is 0. The van der Waals surface area contributed by atoms with Crippen molar-refractivity contribution >= 4 is 34.2 Å². The standard InChI is InChI=1S/C15H20ClIN2O2/c1-20-15(6-8-21-9-7-15)14-18-12(10-4-2-3-5-10)11(17)13(16)19-14/h10H,2-9H2,1H3. The Morgan fingerprint density at radius 3 is 2.52 bits per heavy atom. The van der Waals surface area contributed by atoms with E-state index in [0.29, 0.717) is 24.3 Å². The van der Waals surface area contributed by atoms with E-state index >= 15 is 0 Å². The number of hydrogen-bond acceptors (Lipinski definition) is 4. The predicted octanol–water partition coefficient (Wildman–Crippen LogP) is 4.04. The van der Waals surface area contributed by atoms with Crippen molar-refractivity contribution in [3.63, 3.8) is 0 Å². The lowest BCUT2D eigenvalue weighted by molar-refractivity contribution is -0.100. The average molecular weight is 423 g/mol. The third kappa shape index (κ3) is 3.07. The Hall–Kier alpha value is 0.0200. The van der Waals surface area contributed by atoms with Crippen molar-refractivity contribution in [2.45, 2.75) is 50.0 Å². The van der Waals surface area contributed by atoms with Crippen LogP contribution in [0, 0.1) is 3.57 Å². The van der Waals surface area contributed by atoms with E-state index in [4.69, 9.17) is 26.1 Å². The first-order valence-electron chi connectivity index (χ1n) is 7.52. The summed E-state index contributed by atoms with van der Waals surface area (Å²) in [6.45, 7) is 1.36. The second-order valence-electron chi connectivity index (χ2n) is 5.83. The van der Waals surface area contributed by atoms with Gasteiger partial charge in [-0.3, -0.25) is 0 Å². The van der Waals surface area contributed by atoms with Crippen molar-refractivity contribution in [3.05, 3.63) is 20.2 Å². The molecule has 0 unspecified atom stereocenters. The molecule has 1 saturated carbocycles. The topological polar surface area (TPSA) is 44.2 Å². The summed E-state index contributed by atoms with van der Waals surface area (Å²) >= 11 is 8.67. The van der Waals surface area contributed by atoms with Crippen LogP contribution in [0.4, 0.5) is 0 Å². The van der Waals surface area contributed by atoms with Gasteiger partial charge in [0.15, 0.2) is 5.82 Å². The highest BCUT2D eigenvalue weighted by Crippen LogP contribution is 2.40. The molecule has 0 aromatic carbocycles. The second-order valence-corrected chi connectivity index (χ2v) is 7.27. The minimum atomic E-state index is -0.445. The highest BCUT2D eigenvalue weighted by molar-refractivity contribution is 14.1. The van der Waals surface area contributed by atoms with Gasteiger partial charge in [-0.1, -0.05) is 24.4 Å². The molecule has 0 atom stereocenters. The Bertz CT molecular complexity index is 515. The number of rotatable bonds is 3. The fourth-order valence-corrected chi connectivity index (χ4v) is 4.19. The van der Waals surface area contributed by atoms with Crippen LogP contribution in [-0.2, 0) is 15.1 Å². The van der Waals surface area contributed by atoms with Gasteiger partial charge in [-0.2, -0.15) is 0 Å². The minimum absolute atomic E-state index is 0.445. The molecule has 0 amide bonds. The van der Waals surface area contributed by atoms with Gasteiger partial charge in [0.2, 0.25) is 0 Å². The molecule has 0 spiro atoms. The maximum absolute atomic E-state index is 6.39. The van der Waals surface area contributed by atoms with Gasteiger partial charge in [0.25, 0.3) is 0 Å². The van der Waals surface area contributed by atoms with Crippen molar-refractivity contribution in [2.24, 2.45) is 0 Å². The van der Waals surface area contributed by atoms with E-state index in [1.165, 1.54) is 25.7 Å². The maximum Gasteiger partial charge on any atom is 0.162 e. The Labute approximate surface area is 144 Å². The second kappa shape index (κ2) is 6.64. The van der Waals surface area contributed by atoms with E-state index in [2.05, 4.69) is 27.6 Å². The Morgan fingerprint density at radius 2 is 1.90 bits per heavy atom. The summed E-state index contributed by atoms with van der Waals surface area (Å²) in [7, 11) is 1.73. The first-order chi connectivity index (χ1) is 10.2. The summed E-state index contributed by atoms with van der Waals surface area (Å²) in [5, 5.41) is 0.561. The molecule has 3 rings (SSSR count). The van der Waals surface area contributed by atoms with Crippen LogP contribution in [0.5, 0.6) is 0 Å². The Balaban J connectivity index is 2.01. The molecule has 2 aliphatic rings. The average Bonchev–Trinajstić information content (AvgIpc) is 3.04.